The molecule has 0 fully saturated rings. The smallest absolute Gasteiger partial charge is 0.412 e. The van der Waals surface area contributed by atoms with Crippen molar-refractivity contribution in [3.05, 3.63) is 48.2 Å². The van der Waals surface area contributed by atoms with Gasteiger partial charge in [-0.1, -0.05) is 6.07 Å². The monoisotopic (exact) mass is 356 g/mol. The van der Waals surface area contributed by atoms with Crippen LogP contribution in [0.5, 0.6) is 0 Å². The van der Waals surface area contributed by atoms with Crippen LogP contribution in [0, 0.1) is 0 Å². The summed E-state index contributed by atoms with van der Waals surface area (Å²) in [5.41, 5.74) is 0.888. The molecule has 1 aromatic carbocycles. The van der Waals surface area contributed by atoms with Crippen LogP contribution in [0.1, 0.15) is 31.1 Å². The van der Waals surface area contributed by atoms with Gasteiger partial charge in [-0.05, 0) is 51.1 Å². The van der Waals surface area contributed by atoms with Crippen molar-refractivity contribution in [2.24, 2.45) is 0 Å². The van der Waals surface area contributed by atoms with Crippen molar-refractivity contribution in [2.45, 2.75) is 26.4 Å². The predicted molar refractivity (Wildman–Crippen MR) is 103 cm³/mol. The molecule has 0 saturated carbocycles. The van der Waals surface area contributed by atoms with Crippen molar-refractivity contribution in [2.75, 3.05) is 29.6 Å². The summed E-state index contributed by atoms with van der Waals surface area (Å²) in [6.45, 7) is 5.35. The molecule has 0 aliphatic rings. The summed E-state index contributed by atoms with van der Waals surface area (Å²) in [5, 5.41) is 5.40. The number of benzene rings is 1. The van der Waals surface area contributed by atoms with Gasteiger partial charge in [-0.3, -0.25) is 10.1 Å². The van der Waals surface area contributed by atoms with Gasteiger partial charge in [0.05, 0.1) is 11.9 Å². The lowest BCUT2D eigenvalue weighted by molar-refractivity contribution is 0.0635. The Balaban J connectivity index is 2.04. The third kappa shape index (κ3) is 5.77. The number of amides is 2. The minimum Gasteiger partial charge on any atom is -0.444 e. The summed E-state index contributed by atoms with van der Waals surface area (Å²) in [5.74, 6) is 0.504. The van der Waals surface area contributed by atoms with Crippen LogP contribution in [0.4, 0.5) is 22.0 Å². The number of aromatic nitrogens is 1. The second-order valence-electron chi connectivity index (χ2n) is 6.96. The van der Waals surface area contributed by atoms with E-state index < -0.39 is 11.7 Å². The van der Waals surface area contributed by atoms with Crippen molar-refractivity contribution >= 4 is 29.2 Å². The summed E-state index contributed by atoms with van der Waals surface area (Å²) in [4.78, 5) is 30.4. The average Bonchev–Trinajstić information content (AvgIpc) is 2.53. The maximum absolute atomic E-state index is 12.4. The number of pyridine rings is 1. The van der Waals surface area contributed by atoms with Gasteiger partial charge < -0.3 is 15.0 Å². The third-order valence-electron chi connectivity index (χ3n) is 3.23. The van der Waals surface area contributed by atoms with E-state index >= 15 is 0 Å². The molecule has 7 heteroatoms. The number of carbonyl (C=O) groups is 2. The number of nitrogens with one attached hydrogen (secondary N) is 2. The van der Waals surface area contributed by atoms with Gasteiger partial charge in [0.25, 0.3) is 5.91 Å². The quantitative estimate of drug-likeness (QED) is 0.872. The van der Waals surface area contributed by atoms with Gasteiger partial charge in [-0.15, -0.1) is 0 Å². The van der Waals surface area contributed by atoms with Gasteiger partial charge in [0.1, 0.15) is 11.4 Å². The SMILES string of the molecule is CN(C)c1ccc(NC(=O)c2cccc(NC(=O)OC(C)(C)C)c2)cn1. The van der Waals surface area contributed by atoms with E-state index in [4.69, 9.17) is 4.74 Å². The number of rotatable bonds is 4. The Morgan fingerprint density at radius 2 is 1.77 bits per heavy atom. The maximum atomic E-state index is 12.4. The number of nitrogens with zero attached hydrogens (tertiary/aromatic N) is 2. The Hall–Kier alpha value is -3.09. The van der Waals surface area contributed by atoms with Crippen molar-refractivity contribution < 1.29 is 14.3 Å². The Morgan fingerprint density at radius 1 is 1.04 bits per heavy atom. The molecule has 2 rings (SSSR count). The number of hydrogen-bond donors (Lipinski definition) is 2. The molecule has 0 spiro atoms. The highest BCUT2D eigenvalue weighted by Crippen LogP contribution is 2.16. The van der Waals surface area contributed by atoms with E-state index in [0.717, 1.165) is 5.82 Å². The van der Waals surface area contributed by atoms with E-state index in [2.05, 4.69) is 15.6 Å². The molecule has 26 heavy (non-hydrogen) atoms. The summed E-state index contributed by atoms with van der Waals surface area (Å²) >= 11 is 0. The molecule has 2 amide bonds. The van der Waals surface area contributed by atoms with Crippen molar-refractivity contribution in [3.63, 3.8) is 0 Å². The van der Waals surface area contributed by atoms with Crippen LogP contribution in [0.2, 0.25) is 0 Å². The van der Waals surface area contributed by atoms with E-state index in [-0.39, 0.29) is 5.91 Å². The van der Waals surface area contributed by atoms with Crippen molar-refractivity contribution in [1.29, 1.82) is 0 Å². The Morgan fingerprint density at radius 3 is 2.35 bits per heavy atom. The number of anilines is 3. The lowest BCUT2D eigenvalue weighted by Crippen LogP contribution is -2.27. The molecule has 0 radical (unpaired) electrons. The molecule has 0 bridgehead atoms. The first-order valence-corrected chi connectivity index (χ1v) is 8.19. The van der Waals surface area contributed by atoms with Gasteiger partial charge in [-0.2, -0.15) is 0 Å². The standard InChI is InChI=1S/C19H24N4O3/c1-19(2,3)26-18(25)22-14-8-6-7-13(11-14)17(24)21-15-9-10-16(20-12-15)23(4)5/h6-12H,1-5H3,(H,21,24)(H,22,25). The Kier molecular flexibility index (Phi) is 5.82. The topological polar surface area (TPSA) is 83.6 Å². The molecule has 138 valence electrons. The summed E-state index contributed by atoms with van der Waals surface area (Å²) in [6, 6.07) is 10.2. The van der Waals surface area contributed by atoms with Crippen LogP contribution < -0.4 is 15.5 Å². The first-order chi connectivity index (χ1) is 12.1. The number of carbonyl (C=O) groups excluding carboxylic acids is 2. The third-order valence-corrected chi connectivity index (χ3v) is 3.23. The van der Waals surface area contributed by atoms with Gasteiger partial charge in [0.15, 0.2) is 0 Å². The highest BCUT2D eigenvalue weighted by molar-refractivity contribution is 6.05. The molecular formula is C19H24N4O3. The van der Waals surface area contributed by atoms with Crippen LogP contribution >= 0.6 is 0 Å². The highest BCUT2D eigenvalue weighted by atomic mass is 16.6. The molecule has 0 aliphatic carbocycles. The summed E-state index contributed by atoms with van der Waals surface area (Å²) in [7, 11) is 3.79. The largest absolute Gasteiger partial charge is 0.444 e. The molecule has 0 aliphatic heterocycles. The second-order valence-corrected chi connectivity index (χ2v) is 6.96. The molecule has 0 saturated heterocycles. The zero-order chi connectivity index (χ0) is 19.3. The first-order valence-electron chi connectivity index (χ1n) is 8.19. The molecule has 2 N–H and O–H groups in total. The zero-order valence-corrected chi connectivity index (χ0v) is 15.7. The van der Waals surface area contributed by atoms with Gasteiger partial charge in [-0.25, -0.2) is 9.78 Å². The van der Waals surface area contributed by atoms with Crippen molar-refractivity contribution in [3.8, 4) is 0 Å². The van der Waals surface area contributed by atoms with Gasteiger partial charge in [0, 0.05) is 25.3 Å². The fourth-order valence-corrected chi connectivity index (χ4v) is 2.09. The van der Waals surface area contributed by atoms with E-state index in [1.54, 1.807) is 57.3 Å². The second kappa shape index (κ2) is 7.86. The van der Waals surface area contributed by atoms with Crippen molar-refractivity contribution in [1.82, 2.24) is 4.98 Å². The minimum absolute atomic E-state index is 0.294. The highest BCUT2D eigenvalue weighted by Gasteiger charge is 2.16. The Bertz CT molecular complexity index is 780. The van der Waals surface area contributed by atoms with Crippen LogP contribution in [-0.4, -0.2) is 36.7 Å². The lowest BCUT2D eigenvalue weighted by Gasteiger charge is -2.19. The van der Waals surface area contributed by atoms with Gasteiger partial charge in [0.2, 0.25) is 0 Å². The molecule has 0 unspecified atom stereocenters. The average molecular weight is 356 g/mol. The van der Waals surface area contributed by atoms with Crippen LogP contribution in [0.3, 0.4) is 0 Å². The van der Waals surface area contributed by atoms with E-state index in [0.29, 0.717) is 16.9 Å². The molecule has 0 atom stereocenters. The summed E-state index contributed by atoms with van der Waals surface area (Å²) < 4.78 is 5.21. The number of ether oxygens (including phenoxy) is 1. The molecular weight excluding hydrogens is 332 g/mol. The first kappa shape index (κ1) is 19.2. The fraction of sp³-hybridized carbons (Fsp3) is 0.316. The molecule has 7 nitrogen and oxygen atoms in total. The molecule has 1 heterocycles. The van der Waals surface area contributed by atoms with Crippen LogP contribution in [-0.2, 0) is 4.74 Å². The Labute approximate surface area is 153 Å². The van der Waals surface area contributed by atoms with Gasteiger partial charge >= 0.3 is 6.09 Å². The van der Waals surface area contributed by atoms with Crippen LogP contribution in [0.25, 0.3) is 0 Å². The zero-order valence-electron chi connectivity index (χ0n) is 15.7. The van der Waals surface area contributed by atoms with Crippen LogP contribution in [0.15, 0.2) is 42.6 Å². The summed E-state index contributed by atoms with van der Waals surface area (Å²) in [6.07, 6.45) is 1.02. The lowest BCUT2D eigenvalue weighted by atomic mass is 10.2. The van der Waals surface area contributed by atoms with E-state index in [1.165, 1.54) is 0 Å². The molecule has 1 aromatic heterocycles. The number of hydrogen-bond acceptors (Lipinski definition) is 5. The predicted octanol–water partition coefficient (Wildman–Crippen LogP) is 3.75. The minimum atomic E-state index is -0.592. The van der Waals surface area contributed by atoms with E-state index in [1.807, 2.05) is 25.1 Å². The maximum Gasteiger partial charge on any atom is 0.412 e. The van der Waals surface area contributed by atoms with E-state index in [9.17, 15) is 9.59 Å². The normalized spacial score (nSPS) is 10.8. The fourth-order valence-electron chi connectivity index (χ4n) is 2.09. The molecule has 2 aromatic rings.